The molecule has 2 atom stereocenters. The summed E-state index contributed by atoms with van der Waals surface area (Å²) in [5.41, 5.74) is 1.89. The Morgan fingerprint density at radius 2 is 2.29 bits per heavy atom. The highest BCUT2D eigenvalue weighted by molar-refractivity contribution is 7.99. The van der Waals surface area contributed by atoms with Crippen LogP contribution in [0.5, 0.6) is 11.6 Å². The molecule has 2 heterocycles. The number of thioether (sulfide) groups is 1. The van der Waals surface area contributed by atoms with Crippen molar-refractivity contribution in [2.75, 3.05) is 12.9 Å². The van der Waals surface area contributed by atoms with Crippen molar-refractivity contribution in [3.05, 3.63) is 53.7 Å². The van der Waals surface area contributed by atoms with Gasteiger partial charge in [-0.25, -0.2) is 4.98 Å². The number of ether oxygens (including phenoxy) is 2. The Labute approximate surface area is 144 Å². The van der Waals surface area contributed by atoms with Crippen molar-refractivity contribution in [2.24, 2.45) is 0 Å². The van der Waals surface area contributed by atoms with Crippen LogP contribution in [0.1, 0.15) is 16.5 Å². The Morgan fingerprint density at radius 1 is 1.42 bits per heavy atom. The zero-order chi connectivity index (χ0) is 16.9. The van der Waals surface area contributed by atoms with Crippen molar-refractivity contribution in [3.8, 4) is 11.6 Å². The van der Waals surface area contributed by atoms with Crippen LogP contribution in [0.15, 0.2) is 42.6 Å². The molecule has 2 aromatic rings. The lowest BCUT2D eigenvalue weighted by molar-refractivity contribution is -0.138. The van der Waals surface area contributed by atoms with Crippen LogP contribution in [0.3, 0.4) is 0 Å². The molecule has 1 aromatic carbocycles. The minimum absolute atomic E-state index is 0.0504. The molecule has 0 spiro atoms. The fourth-order valence-electron chi connectivity index (χ4n) is 2.46. The minimum Gasteiger partial charge on any atom is -0.496 e. The number of hydrogen-bond acceptors (Lipinski definition) is 6. The number of pyridine rings is 1. The lowest BCUT2D eigenvalue weighted by atomic mass is 10.1. The summed E-state index contributed by atoms with van der Waals surface area (Å²) in [4.78, 5) is 15.2. The molecule has 1 saturated heterocycles. The Hall–Kier alpha value is -2.25. The number of nitrogens with one attached hydrogen (secondary N) is 1. The first-order valence-electron chi connectivity index (χ1n) is 7.48. The summed E-state index contributed by atoms with van der Waals surface area (Å²) in [6.07, 6.45) is 1.67. The van der Waals surface area contributed by atoms with Crippen LogP contribution >= 0.6 is 11.8 Å². The second kappa shape index (κ2) is 7.55. The largest absolute Gasteiger partial charge is 0.496 e. The van der Waals surface area contributed by atoms with Gasteiger partial charge >= 0.3 is 5.97 Å². The number of benzene rings is 1. The molecule has 126 valence electrons. The van der Waals surface area contributed by atoms with Crippen molar-refractivity contribution in [3.63, 3.8) is 0 Å². The highest BCUT2D eigenvalue weighted by Crippen LogP contribution is 2.35. The Balaban J connectivity index is 1.74. The van der Waals surface area contributed by atoms with Gasteiger partial charge in [0.2, 0.25) is 5.88 Å². The fourth-order valence-corrected chi connectivity index (χ4v) is 3.69. The summed E-state index contributed by atoms with van der Waals surface area (Å²) >= 11 is 1.58. The summed E-state index contributed by atoms with van der Waals surface area (Å²) < 4.78 is 11.1. The number of methoxy groups -OCH3 is 1. The zero-order valence-electron chi connectivity index (χ0n) is 13.1. The van der Waals surface area contributed by atoms with Gasteiger partial charge in [-0.3, -0.25) is 10.1 Å². The molecule has 1 aromatic heterocycles. The first kappa shape index (κ1) is 16.6. The molecular formula is C17H18N2O4S. The van der Waals surface area contributed by atoms with E-state index < -0.39 is 12.0 Å². The number of carbonyl (C=O) groups is 1. The normalized spacial score (nSPS) is 19.9. The predicted molar refractivity (Wildman–Crippen MR) is 91.3 cm³/mol. The van der Waals surface area contributed by atoms with Gasteiger partial charge in [0, 0.05) is 23.6 Å². The van der Waals surface area contributed by atoms with Gasteiger partial charge in [0.25, 0.3) is 0 Å². The molecular weight excluding hydrogens is 328 g/mol. The highest BCUT2D eigenvalue weighted by atomic mass is 32.2. The van der Waals surface area contributed by atoms with Gasteiger partial charge in [0.1, 0.15) is 18.4 Å². The van der Waals surface area contributed by atoms with Crippen LogP contribution < -0.4 is 14.8 Å². The first-order chi connectivity index (χ1) is 11.7. The summed E-state index contributed by atoms with van der Waals surface area (Å²) in [5, 5.41) is 12.2. The quantitative estimate of drug-likeness (QED) is 0.831. The van der Waals surface area contributed by atoms with Crippen molar-refractivity contribution < 1.29 is 19.4 Å². The third kappa shape index (κ3) is 3.80. The third-order valence-electron chi connectivity index (χ3n) is 3.70. The van der Waals surface area contributed by atoms with Crippen LogP contribution in [0.2, 0.25) is 0 Å². The van der Waals surface area contributed by atoms with E-state index in [0.29, 0.717) is 18.2 Å². The zero-order valence-corrected chi connectivity index (χ0v) is 14.0. The van der Waals surface area contributed by atoms with Crippen molar-refractivity contribution >= 4 is 17.7 Å². The predicted octanol–water partition coefficient (Wildman–Crippen LogP) is 2.46. The fraction of sp³-hybridized carbons (Fsp3) is 0.294. The van der Waals surface area contributed by atoms with E-state index >= 15 is 0 Å². The number of aliphatic carboxylic acids is 1. The molecule has 3 rings (SSSR count). The van der Waals surface area contributed by atoms with E-state index in [1.54, 1.807) is 31.1 Å². The van der Waals surface area contributed by atoms with E-state index in [2.05, 4.69) is 10.3 Å². The minimum atomic E-state index is -0.822. The van der Waals surface area contributed by atoms with Crippen LogP contribution in [-0.4, -0.2) is 35.0 Å². The molecule has 7 heteroatoms. The standard InChI is InChI=1S/C17H18N2O4S/c1-22-14-6-5-11(16-19-13(10-24-16)17(20)21)8-12(14)9-23-15-4-2-3-7-18-15/h2-8,13,16,19H,9-10H2,1H3,(H,20,21)/t13-,16+/m0/s1. The summed E-state index contributed by atoms with van der Waals surface area (Å²) in [5.74, 6) is 1.00. The van der Waals surface area contributed by atoms with Crippen LogP contribution in [0.4, 0.5) is 0 Å². The average molecular weight is 346 g/mol. The molecule has 0 bridgehead atoms. The van der Waals surface area contributed by atoms with Gasteiger partial charge in [0.15, 0.2) is 0 Å². The number of carboxylic acids is 1. The summed E-state index contributed by atoms with van der Waals surface area (Å²) in [6.45, 7) is 0.327. The summed E-state index contributed by atoms with van der Waals surface area (Å²) in [6, 6.07) is 10.8. The van der Waals surface area contributed by atoms with Crippen LogP contribution in [-0.2, 0) is 11.4 Å². The van der Waals surface area contributed by atoms with E-state index in [-0.39, 0.29) is 5.37 Å². The SMILES string of the molecule is COc1ccc([C@@H]2N[C@H](C(=O)O)CS2)cc1COc1ccccn1. The lowest BCUT2D eigenvalue weighted by Gasteiger charge is -2.15. The van der Waals surface area contributed by atoms with Gasteiger partial charge in [-0.2, -0.15) is 0 Å². The molecule has 1 aliphatic heterocycles. The van der Waals surface area contributed by atoms with Crippen molar-refractivity contribution in [2.45, 2.75) is 18.0 Å². The van der Waals surface area contributed by atoms with E-state index in [9.17, 15) is 4.79 Å². The topological polar surface area (TPSA) is 80.7 Å². The smallest absolute Gasteiger partial charge is 0.321 e. The number of aromatic nitrogens is 1. The second-order valence-corrected chi connectivity index (χ2v) is 6.44. The molecule has 24 heavy (non-hydrogen) atoms. The summed E-state index contributed by atoms with van der Waals surface area (Å²) in [7, 11) is 1.61. The maximum absolute atomic E-state index is 11.1. The van der Waals surface area contributed by atoms with Gasteiger partial charge in [-0.05, 0) is 23.8 Å². The Kier molecular flexibility index (Phi) is 5.22. The van der Waals surface area contributed by atoms with Gasteiger partial charge in [-0.15, -0.1) is 11.8 Å². The third-order valence-corrected chi connectivity index (χ3v) is 4.97. The highest BCUT2D eigenvalue weighted by Gasteiger charge is 2.30. The molecule has 0 saturated carbocycles. The molecule has 0 amide bonds. The first-order valence-corrected chi connectivity index (χ1v) is 8.53. The van der Waals surface area contributed by atoms with E-state index in [1.807, 2.05) is 30.3 Å². The molecule has 1 aliphatic rings. The van der Waals surface area contributed by atoms with Crippen molar-refractivity contribution in [1.29, 1.82) is 0 Å². The van der Waals surface area contributed by atoms with Crippen molar-refractivity contribution in [1.82, 2.24) is 10.3 Å². The Morgan fingerprint density at radius 3 is 2.96 bits per heavy atom. The van der Waals surface area contributed by atoms with E-state index in [4.69, 9.17) is 14.6 Å². The monoisotopic (exact) mass is 346 g/mol. The molecule has 0 unspecified atom stereocenters. The maximum atomic E-state index is 11.1. The molecule has 6 nitrogen and oxygen atoms in total. The van der Waals surface area contributed by atoms with Gasteiger partial charge in [0.05, 0.1) is 12.5 Å². The van der Waals surface area contributed by atoms with E-state index in [1.165, 1.54) is 0 Å². The number of nitrogens with zero attached hydrogens (tertiary/aromatic N) is 1. The maximum Gasteiger partial charge on any atom is 0.321 e. The second-order valence-electron chi connectivity index (χ2n) is 5.30. The Bertz CT molecular complexity index is 711. The van der Waals surface area contributed by atoms with Gasteiger partial charge in [-0.1, -0.05) is 12.1 Å². The number of hydrogen-bond donors (Lipinski definition) is 2. The molecule has 1 fully saturated rings. The molecule has 0 aliphatic carbocycles. The number of rotatable bonds is 6. The van der Waals surface area contributed by atoms with Crippen LogP contribution in [0, 0.1) is 0 Å². The molecule has 2 N–H and O–H groups in total. The van der Waals surface area contributed by atoms with E-state index in [0.717, 1.165) is 16.9 Å². The van der Waals surface area contributed by atoms with Crippen LogP contribution in [0.25, 0.3) is 0 Å². The number of carboxylic acid groups (broad SMARTS) is 1. The molecule has 0 radical (unpaired) electrons. The lowest BCUT2D eigenvalue weighted by Crippen LogP contribution is -2.33. The average Bonchev–Trinajstić information content (AvgIpc) is 3.11. The van der Waals surface area contributed by atoms with Gasteiger partial charge < -0.3 is 14.6 Å².